The molecule has 0 unspecified atom stereocenters. The molecule has 19 heavy (non-hydrogen) atoms. The van der Waals surface area contributed by atoms with E-state index in [1.165, 1.54) is 13.3 Å². The van der Waals surface area contributed by atoms with Gasteiger partial charge in [-0.3, -0.25) is 0 Å². The zero-order valence-electron chi connectivity index (χ0n) is 10.6. The van der Waals surface area contributed by atoms with Crippen molar-refractivity contribution in [1.29, 1.82) is 0 Å². The third-order valence-corrected chi connectivity index (χ3v) is 2.66. The van der Waals surface area contributed by atoms with E-state index >= 15 is 0 Å². The SMILES string of the molecule is COC(=O)c1cc(NCc2ccccc2)ncc1N. The molecule has 1 aromatic heterocycles. The van der Waals surface area contributed by atoms with Crippen molar-refractivity contribution in [1.82, 2.24) is 4.98 Å². The van der Waals surface area contributed by atoms with Gasteiger partial charge in [0, 0.05) is 6.54 Å². The summed E-state index contributed by atoms with van der Waals surface area (Å²) in [6.07, 6.45) is 1.44. The Morgan fingerprint density at radius 1 is 1.37 bits per heavy atom. The number of hydrogen-bond acceptors (Lipinski definition) is 5. The number of hydrogen-bond donors (Lipinski definition) is 2. The van der Waals surface area contributed by atoms with E-state index < -0.39 is 5.97 Å². The van der Waals surface area contributed by atoms with Crippen molar-refractivity contribution in [2.45, 2.75) is 6.54 Å². The Hall–Kier alpha value is -2.56. The standard InChI is InChI=1S/C14H15N3O2/c1-19-14(18)11-7-13(17-9-12(11)15)16-8-10-5-3-2-4-6-10/h2-7,9H,8,15H2,1H3,(H,16,17). The van der Waals surface area contributed by atoms with Gasteiger partial charge < -0.3 is 15.8 Å². The maximum atomic E-state index is 11.5. The van der Waals surface area contributed by atoms with Crippen molar-refractivity contribution in [2.75, 3.05) is 18.2 Å². The molecule has 0 atom stereocenters. The van der Waals surface area contributed by atoms with Gasteiger partial charge in [0.15, 0.2) is 0 Å². The average Bonchev–Trinajstić information content (AvgIpc) is 2.46. The minimum Gasteiger partial charge on any atom is -0.465 e. The summed E-state index contributed by atoms with van der Waals surface area (Å²) >= 11 is 0. The number of carbonyl (C=O) groups is 1. The molecule has 0 radical (unpaired) electrons. The zero-order chi connectivity index (χ0) is 13.7. The van der Waals surface area contributed by atoms with Crippen LogP contribution in [-0.4, -0.2) is 18.1 Å². The molecule has 0 aliphatic rings. The van der Waals surface area contributed by atoms with Gasteiger partial charge in [0.05, 0.1) is 24.6 Å². The fraction of sp³-hybridized carbons (Fsp3) is 0.143. The molecule has 2 rings (SSSR count). The zero-order valence-corrected chi connectivity index (χ0v) is 10.6. The van der Waals surface area contributed by atoms with Crippen LogP contribution in [0.2, 0.25) is 0 Å². The van der Waals surface area contributed by atoms with Crippen LogP contribution in [0.5, 0.6) is 0 Å². The highest BCUT2D eigenvalue weighted by molar-refractivity contribution is 5.95. The summed E-state index contributed by atoms with van der Waals surface area (Å²) in [4.78, 5) is 15.6. The van der Waals surface area contributed by atoms with E-state index in [9.17, 15) is 4.79 Å². The first-order valence-corrected chi connectivity index (χ1v) is 5.82. The number of rotatable bonds is 4. The smallest absolute Gasteiger partial charge is 0.340 e. The minimum atomic E-state index is -0.470. The number of nitrogens with one attached hydrogen (secondary N) is 1. The average molecular weight is 257 g/mol. The summed E-state index contributed by atoms with van der Waals surface area (Å²) in [6.45, 7) is 0.623. The van der Waals surface area contributed by atoms with E-state index in [-0.39, 0.29) is 0 Å². The number of benzene rings is 1. The maximum Gasteiger partial charge on any atom is 0.340 e. The van der Waals surface area contributed by atoms with Gasteiger partial charge in [0.2, 0.25) is 0 Å². The van der Waals surface area contributed by atoms with Crippen LogP contribution in [0.3, 0.4) is 0 Å². The molecule has 0 amide bonds. The van der Waals surface area contributed by atoms with Crippen LogP contribution >= 0.6 is 0 Å². The Balaban J connectivity index is 2.11. The molecule has 0 aliphatic heterocycles. The second kappa shape index (κ2) is 5.86. The van der Waals surface area contributed by atoms with Gasteiger partial charge >= 0.3 is 5.97 Å². The number of pyridine rings is 1. The molecule has 0 spiro atoms. The summed E-state index contributed by atoms with van der Waals surface area (Å²) in [6, 6.07) is 11.5. The van der Waals surface area contributed by atoms with Crippen LogP contribution in [0.15, 0.2) is 42.6 Å². The molecule has 98 valence electrons. The molecule has 2 aromatic rings. The first kappa shape index (κ1) is 12.9. The molecule has 1 aromatic carbocycles. The predicted octanol–water partition coefficient (Wildman–Crippen LogP) is 2.06. The van der Waals surface area contributed by atoms with Crippen molar-refractivity contribution in [2.24, 2.45) is 0 Å². The van der Waals surface area contributed by atoms with E-state index in [0.29, 0.717) is 23.6 Å². The van der Waals surface area contributed by atoms with E-state index in [2.05, 4.69) is 15.0 Å². The van der Waals surface area contributed by atoms with Gasteiger partial charge in [0.1, 0.15) is 5.82 Å². The van der Waals surface area contributed by atoms with Crippen LogP contribution in [0.1, 0.15) is 15.9 Å². The highest BCUT2D eigenvalue weighted by Crippen LogP contribution is 2.16. The third kappa shape index (κ3) is 3.22. The lowest BCUT2D eigenvalue weighted by Gasteiger charge is -2.08. The van der Waals surface area contributed by atoms with E-state index in [1.54, 1.807) is 6.07 Å². The number of carbonyl (C=O) groups excluding carboxylic acids is 1. The van der Waals surface area contributed by atoms with Gasteiger partial charge in [0.25, 0.3) is 0 Å². The number of ether oxygens (including phenoxy) is 1. The lowest BCUT2D eigenvalue weighted by molar-refractivity contribution is 0.0602. The van der Waals surface area contributed by atoms with Crippen LogP contribution in [0.25, 0.3) is 0 Å². The number of methoxy groups -OCH3 is 1. The van der Waals surface area contributed by atoms with Gasteiger partial charge in [-0.1, -0.05) is 30.3 Å². The molecule has 0 saturated heterocycles. The number of esters is 1. The Kier molecular flexibility index (Phi) is 3.97. The Bertz CT molecular complexity index is 570. The second-order valence-corrected chi connectivity index (χ2v) is 3.99. The molecular weight excluding hydrogens is 242 g/mol. The fourth-order valence-electron chi connectivity index (χ4n) is 1.64. The minimum absolute atomic E-state index is 0.303. The molecule has 5 heteroatoms. The fourth-order valence-corrected chi connectivity index (χ4v) is 1.64. The molecule has 3 N–H and O–H groups in total. The van der Waals surface area contributed by atoms with Crippen LogP contribution in [-0.2, 0) is 11.3 Å². The highest BCUT2D eigenvalue weighted by Gasteiger charge is 2.11. The molecule has 5 nitrogen and oxygen atoms in total. The first-order chi connectivity index (χ1) is 9.20. The monoisotopic (exact) mass is 257 g/mol. The molecule has 1 heterocycles. The number of nitrogen functional groups attached to an aromatic ring is 1. The summed E-state index contributed by atoms with van der Waals surface area (Å²) in [5, 5.41) is 3.13. The largest absolute Gasteiger partial charge is 0.465 e. The quantitative estimate of drug-likeness (QED) is 0.820. The first-order valence-electron chi connectivity index (χ1n) is 5.82. The summed E-state index contributed by atoms with van der Waals surface area (Å²) in [5.74, 6) is 0.112. The lowest BCUT2D eigenvalue weighted by atomic mass is 10.2. The maximum absolute atomic E-state index is 11.5. The predicted molar refractivity (Wildman–Crippen MR) is 73.8 cm³/mol. The van der Waals surface area contributed by atoms with Crippen LogP contribution < -0.4 is 11.1 Å². The van der Waals surface area contributed by atoms with E-state index in [4.69, 9.17) is 5.73 Å². The van der Waals surface area contributed by atoms with Gasteiger partial charge in [-0.05, 0) is 11.6 Å². The van der Waals surface area contributed by atoms with E-state index in [1.807, 2.05) is 30.3 Å². The third-order valence-electron chi connectivity index (χ3n) is 2.66. The van der Waals surface area contributed by atoms with Crippen molar-refractivity contribution < 1.29 is 9.53 Å². The van der Waals surface area contributed by atoms with Gasteiger partial charge in [-0.2, -0.15) is 0 Å². The number of anilines is 2. The number of aromatic nitrogens is 1. The van der Waals surface area contributed by atoms with E-state index in [0.717, 1.165) is 5.56 Å². The molecule has 0 aliphatic carbocycles. The van der Waals surface area contributed by atoms with Gasteiger partial charge in [-0.25, -0.2) is 9.78 Å². The van der Waals surface area contributed by atoms with Crippen molar-refractivity contribution >= 4 is 17.5 Å². The van der Waals surface area contributed by atoms with Crippen LogP contribution in [0, 0.1) is 0 Å². The summed E-state index contributed by atoms with van der Waals surface area (Å²) in [5.41, 5.74) is 7.42. The molecule has 0 saturated carbocycles. The second-order valence-electron chi connectivity index (χ2n) is 3.99. The molecule has 0 fully saturated rings. The topological polar surface area (TPSA) is 77.2 Å². The molecular formula is C14H15N3O2. The summed E-state index contributed by atoms with van der Waals surface area (Å²) in [7, 11) is 1.32. The normalized spacial score (nSPS) is 9.95. The van der Waals surface area contributed by atoms with Crippen LogP contribution in [0.4, 0.5) is 11.5 Å². The van der Waals surface area contributed by atoms with Gasteiger partial charge in [-0.15, -0.1) is 0 Å². The molecule has 0 bridgehead atoms. The number of nitrogens with two attached hydrogens (primary N) is 1. The summed E-state index contributed by atoms with van der Waals surface area (Å²) < 4.78 is 4.66. The van der Waals surface area contributed by atoms with Crippen molar-refractivity contribution in [3.63, 3.8) is 0 Å². The van der Waals surface area contributed by atoms with Crippen molar-refractivity contribution in [3.05, 3.63) is 53.7 Å². The lowest BCUT2D eigenvalue weighted by Crippen LogP contribution is -2.08. The Morgan fingerprint density at radius 2 is 2.11 bits per heavy atom. The highest BCUT2D eigenvalue weighted by atomic mass is 16.5. The van der Waals surface area contributed by atoms with Crippen molar-refractivity contribution in [3.8, 4) is 0 Å². The Morgan fingerprint density at radius 3 is 2.79 bits per heavy atom. The number of nitrogens with zero attached hydrogens (tertiary/aromatic N) is 1. The Labute approximate surface area is 111 Å².